The normalized spacial score (nSPS) is 22.5. The van der Waals surface area contributed by atoms with Crippen molar-refractivity contribution in [2.45, 2.75) is 38.3 Å². The van der Waals surface area contributed by atoms with Crippen molar-refractivity contribution in [2.75, 3.05) is 25.4 Å². The Morgan fingerprint density at radius 2 is 2.24 bits per heavy atom. The lowest BCUT2D eigenvalue weighted by atomic mass is 10.1. The van der Waals surface area contributed by atoms with E-state index in [9.17, 15) is 5.11 Å². The van der Waals surface area contributed by atoms with Crippen LogP contribution in [-0.4, -0.2) is 45.5 Å². The first-order valence-corrected chi connectivity index (χ1v) is 6.42. The van der Waals surface area contributed by atoms with Crippen LogP contribution in [0.1, 0.15) is 25.7 Å². The van der Waals surface area contributed by atoms with Gasteiger partial charge >= 0.3 is 0 Å². The van der Waals surface area contributed by atoms with E-state index in [1.54, 1.807) is 6.20 Å². The molecular weight excluding hydrogens is 216 g/mol. The molecule has 0 aromatic carbocycles. The molecule has 0 aliphatic carbocycles. The van der Waals surface area contributed by atoms with Crippen molar-refractivity contribution >= 4 is 5.69 Å². The van der Waals surface area contributed by atoms with Crippen molar-refractivity contribution < 1.29 is 5.11 Å². The predicted octanol–water partition coefficient (Wildman–Crippen LogP) is 0.702. The number of nitrogens with zero attached hydrogens (tertiary/aromatic N) is 3. The number of aliphatic hydroxyl groups is 1. The van der Waals surface area contributed by atoms with Gasteiger partial charge in [-0.25, -0.2) is 0 Å². The van der Waals surface area contributed by atoms with Gasteiger partial charge in [0.15, 0.2) is 0 Å². The minimum atomic E-state index is 0.265. The highest BCUT2D eigenvalue weighted by atomic mass is 16.3. The molecule has 0 radical (unpaired) electrons. The molecule has 0 amide bonds. The van der Waals surface area contributed by atoms with E-state index in [0.717, 1.165) is 26.1 Å². The smallest absolute Gasteiger partial charge is 0.0719 e. The number of nitrogens with two attached hydrogens (primary N) is 1. The molecule has 1 aliphatic rings. The zero-order valence-electron chi connectivity index (χ0n) is 10.3. The molecule has 1 aromatic rings. The highest BCUT2D eigenvalue weighted by Crippen LogP contribution is 2.16. The van der Waals surface area contributed by atoms with E-state index >= 15 is 0 Å². The van der Waals surface area contributed by atoms with Gasteiger partial charge in [-0.1, -0.05) is 12.8 Å². The fourth-order valence-corrected chi connectivity index (χ4v) is 2.47. The van der Waals surface area contributed by atoms with Crippen LogP contribution in [0.2, 0.25) is 0 Å². The quantitative estimate of drug-likeness (QED) is 0.810. The Balaban J connectivity index is 1.87. The third kappa shape index (κ3) is 3.44. The average molecular weight is 238 g/mol. The first-order chi connectivity index (χ1) is 8.29. The second-order valence-electron chi connectivity index (χ2n) is 4.76. The molecule has 5 nitrogen and oxygen atoms in total. The van der Waals surface area contributed by atoms with Crippen LogP contribution in [-0.2, 0) is 6.54 Å². The Morgan fingerprint density at radius 3 is 2.94 bits per heavy atom. The summed E-state index contributed by atoms with van der Waals surface area (Å²) in [4.78, 5) is 2.38. The van der Waals surface area contributed by atoms with Crippen molar-refractivity contribution in [3.8, 4) is 0 Å². The number of likely N-dealkylation sites (tertiary alicyclic amines) is 1. The maximum absolute atomic E-state index is 9.40. The van der Waals surface area contributed by atoms with E-state index in [1.807, 2.05) is 10.9 Å². The molecule has 1 fully saturated rings. The standard InChI is InChI=1S/C12H22N4O/c13-11-8-14-16(9-11)7-6-15-5-3-1-2-4-12(15)10-17/h8-9,12,17H,1-7,10,13H2. The van der Waals surface area contributed by atoms with E-state index in [2.05, 4.69) is 10.00 Å². The lowest BCUT2D eigenvalue weighted by Gasteiger charge is -2.28. The van der Waals surface area contributed by atoms with Gasteiger partial charge in [-0.05, 0) is 19.4 Å². The molecule has 2 rings (SSSR count). The fourth-order valence-electron chi connectivity index (χ4n) is 2.47. The Morgan fingerprint density at radius 1 is 1.35 bits per heavy atom. The van der Waals surface area contributed by atoms with Crippen LogP contribution in [0.15, 0.2) is 12.4 Å². The van der Waals surface area contributed by atoms with E-state index < -0.39 is 0 Å². The van der Waals surface area contributed by atoms with Gasteiger partial charge in [-0.15, -0.1) is 0 Å². The number of rotatable bonds is 4. The summed E-state index contributed by atoms with van der Waals surface area (Å²) >= 11 is 0. The molecule has 1 aliphatic heterocycles. The van der Waals surface area contributed by atoms with Crippen molar-refractivity contribution in [2.24, 2.45) is 0 Å². The van der Waals surface area contributed by atoms with Crippen LogP contribution in [0.5, 0.6) is 0 Å². The first-order valence-electron chi connectivity index (χ1n) is 6.42. The molecule has 17 heavy (non-hydrogen) atoms. The third-order valence-corrected chi connectivity index (χ3v) is 3.48. The summed E-state index contributed by atoms with van der Waals surface area (Å²) in [5.41, 5.74) is 6.34. The maximum Gasteiger partial charge on any atom is 0.0719 e. The summed E-state index contributed by atoms with van der Waals surface area (Å²) in [5, 5.41) is 13.6. The van der Waals surface area contributed by atoms with Crippen molar-refractivity contribution in [3.05, 3.63) is 12.4 Å². The second kappa shape index (κ2) is 6.02. The van der Waals surface area contributed by atoms with Gasteiger partial charge in [0.05, 0.1) is 25.0 Å². The maximum atomic E-state index is 9.40. The van der Waals surface area contributed by atoms with Crippen molar-refractivity contribution in [3.63, 3.8) is 0 Å². The molecule has 0 spiro atoms. The van der Waals surface area contributed by atoms with Gasteiger partial charge in [0.2, 0.25) is 0 Å². The number of anilines is 1. The molecule has 96 valence electrons. The van der Waals surface area contributed by atoms with E-state index in [-0.39, 0.29) is 6.61 Å². The van der Waals surface area contributed by atoms with Gasteiger partial charge in [0, 0.05) is 18.8 Å². The van der Waals surface area contributed by atoms with E-state index in [0.29, 0.717) is 11.7 Å². The number of hydrogen-bond donors (Lipinski definition) is 2. The van der Waals surface area contributed by atoms with Gasteiger partial charge in [-0.2, -0.15) is 5.10 Å². The topological polar surface area (TPSA) is 67.3 Å². The number of aliphatic hydroxyl groups excluding tert-OH is 1. The van der Waals surface area contributed by atoms with Crippen LogP contribution < -0.4 is 5.73 Å². The summed E-state index contributed by atoms with van der Waals surface area (Å²) < 4.78 is 1.87. The zero-order chi connectivity index (χ0) is 12.1. The van der Waals surface area contributed by atoms with Gasteiger partial charge in [-0.3, -0.25) is 9.58 Å². The molecule has 3 N–H and O–H groups in total. The Bertz CT molecular complexity index is 339. The van der Waals surface area contributed by atoms with Crippen LogP contribution in [0, 0.1) is 0 Å². The van der Waals surface area contributed by atoms with Crippen molar-refractivity contribution in [1.29, 1.82) is 0 Å². The highest BCUT2D eigenvalue weighted by Gasteiger charge is 2.19. The van der Waals surface area contributed by atoms with Crippen molar-refractivity contribution in [1.82, 2.24) is 14.7 Å². The van der Waals surface area contributed by atoms with Crippen LogP contribution in [0.3, 0.4) is 0 Å². The largest absolute Gasteiger partial charge is 0.396 e. The Labute approximate surface area is 102 Å². The molecule has 1 aromatic heterocycles. The number of nitrogen functional groups attached to an aromatic ring is 1. The minimum absolute atomic E-state index is 0.265. The van der Waals surface area contributed by atoms with Crippen LogP contribution >= 0.6 is 0 Å². The molecule has 1 atom stereocenters. The number of aromatic nitrogens is 2. The fraction of sp³-hybridized carbons (Fsp3) is 0.750. The first kappa shape index (κ1) is 12.4. The summed E-state index contributed by atoms with van der Waals surface area (Å²) in [6.45, 7) is 3.13. The highest BCUT2D eigenvalue weighted by molar-refractivity contribution is 5.30. The molecule has 1 unspecified atom stereocenters. The minimum Gasteiger partial charge on any atom is -0.396 e. The summed E-state index contributed by atoms with van der Waals surface area (Å²) in [6, 6.07) is 0.324. The lowest BCUT2D eigenvalue weighted by Crippen LogP contribution is -2.39. The zero-order valence-corrected chi connectivity index (χ0v) is 10.3. The second-order valence-corrected chi connectivity index (χ2v) is 4.76. The lowest BCUT2D eigenvalue weighted by molar-refractivity contribution is 0.120. The summed E-state index contributed by atoms with van der Waals surface area (Å²) in [7, 11) is 0. The molecule has 5 heteroatoms. The summed E-state index contributed by atoms with van der Waals surface area (Å²) in [6.07, 6.45) is 8.38. The third-order valence-electron chi connectivity index (χ3n) is 3.48. The predicted molar refractivity (Wildman–Crippen MR) is 67.6 cm³/mol. The Hall–Kier alpha value is -1.07. The molecule has 0 saturated carbocycles. The Kier molecular flexibility index (Phi) is 4.39. The van der Waals surface area contributed by atoms with Gasteiger partial charge < -0.3 is 10.8 Å². The molecular formula is C12H22N4O. The van der Waals surface area contributed by atoms with Gasteiger partial charge in [0.1, 0.15) is 0 Å². The van der Waals surface area contributed by atoms with Gasteiger partial charge in [0.25, 0.3) is 0 Å². The molecule has 2 heterocycles. The monoisotopic (exact) mass is 238 g/mol. The van der Waals surface area contributed by atoms with E-state index in [1.165, 1.54) is 19.3 Å². The van der Waals surface area contributed by atoms with Crippen LogP contribution in [0.4, 0.5) is 5.69 Å². The molecule has 0 bridgehead atoms. The molecule has 1 saturated heterocycles. The number of hydrogen-bond acceptors (Lipinski definition) is 4. The summed E-state index contributed by atoms with van der Waals surface area (Å²) in [5.74, 6) is 0. The SMILES string of the molecule is Nc1cnn(CCN2CCCCCC2CO)c1. The van der Waals surface area contributed by atoms with E-state index in [4.69, 9.17) is 5.73 Å². The van der Waals surface area contributed by atoms with Crippen LogP contribution in [0.25, 0.3) is 0 Å². The average Bonchev–Trinajstić information content (AvgIpc) is 2.63.